The van der Waals surface area contributed by atoms with Gasteiger partial charge in [0.1, 0.15) is 0 Å². The van der Waals surface area contributed by atoms with E-state index in [-0.39, 0.29) is 0 Å². The summed E-state index contributed by atoms with van der Waals surface area (Å²) in [7, 11) is 0. The van der Waals surface area contributed by atoms with Gasteiger partial charge in [0.2, 0.25) is 0 Å². The summed E-state index contributed by atoms with van der Waals surface area (Å²) in [6.07, 6.45) is 0. The molecule has 3 aromatic rings. The number of benzene rings is 2. The Labute approximate surface area is 114 Å². The largest absolute Gasteiger partial charge is 0.399 e. The molecular formula is C13H10ClN5. The Kier molecular flexibility index (Phi) is 2.89. The number of hydrogen-bond acceptors (Lipinski definition) is 4. The van der Waals surface area contributed by atoms with Crippen LogP contribution in [-0.4, -0.2) is 20.2 Å². The molecule has 3 rings (SSSR count). The van der Waals surface area contributed by atoms with Crippen LogP contribution in [0.1, 0.15) is 0 Å². The van der Waals surface area contributed by atoms with Crippen LogP contribution in [0.2, 0.25) is 5.02 Å². The first kappa shape index (κ1) is 11.7. The first-order valence-electron chi connectivity index (χ1n) is 5.64. The van der Waals surface area contributed by atoms with E-state index in [4.69, 9.17) is 17.3 Å². The molecule has 0 aliphatic rings. The number of nitrogens with two attached hydrogens (primary N) is 1. The molecule has 0 spiro atoms. The molecule has 1 aromatic heterocycles. The normalized spacial score (nSPS) is 10.6. The number of nitrogens with zero attached hydrogens (tertiary/aromatic N) is 4. The third kappa shape index (κ3) is 2.28. The van der Waals surface area contributed by atoms with E-state index in [1.54, 1.807) is 16.8 Å². The summed E-state index contributed by atoms with van der Waals surface area (Å²) in [4.78, 5) is 0. The van der Waals surface area contributed by atoms with Crippen molar-refractivity contribution < 1.29 is 0 Å². The highest BCUT2D eigenvalue weighted by atomic mass is 35.5. The second-order valence-electron chi connectivity index (χ2n) is 4.02. The Bertz CT molecular complexity index is 705. The summed E-state index contributed by atoms with van der Waals surface area (Å²) in [5.74, 6) is 0.634. The lowest BCUT2D eigenvalue weighted by molar-refractivity contribution is 0.791. The molecule has 2 N–H and O–H groups in total. The fourth-order valence-corrected chi connectivity index (χ4v) is 1.93. The van der Waals surface area contributed by atoms with Gasteiger partial charge in [-0.25, -0.2) is 0 Å². The van der Waals surface area contributed by atoms with Gasteiger partial charge < -0.3 is 5.73 Å². The molecule has 0 amide bonds. The minimum atomic E-state index is 0.634. The quantitative estimate of drug-likeness (QED) is 0.727. The van der Waals surface area contributed by atoms with Gasteiger partial charge in [0, 0.05) is 16.3 Å². The number of aromatic nitrogens is 4. The zero-order chi connectivity index (χ0) is 13.2. The van der Waals surface area contributed by atoms with E-state index in [0.29, 0.717) is 16.5 Å². The Balaban J connectivity index is 2.10. The highest BCUT2D eigenvalue weighted by Crippen LogP contribution is 2.22. The monoisotopic (exact) mass is 271 g/mol. The average Bonchev–Trinajstić information content (AvgIpc) is 2.89. The summed E-state index contributed by atoms with van der Waals surface area (Å²) in [6, 6.07) is 14.7. The van der Waals surface area contributed by atoms with Crippen LogP contribution in [0.3, 0.4) is 0 Å². The minimum absolute atomic E-state index is 0.634. The topological polar surface area (TPSA) is 69.6 Å². The molecule has 0 atom stereocenters. The van der Waals surface area contributed by atoms with Crippen molar-refractivity contribution in [1.29, 1.82) is 0 Å². The maximum atomic E-state index is 5.87. The van der Waals surface area contributed by atoms with Crippen LogP contribution < -0.4 is 5.73 Å². The maximum absolute atomic E-state index is 5.87. The van der Waals surface area contributed by atoms with Crippen LogP contribution in [0.4, 0.5) is 5.69 Å². The van der Waals surface area contributed by atoms with Crippen molar-refractivity contribution in [2.45, 2.75) is 0 Å². The Morgan fingerprint density at radius 2 is 1.84 bits per heavy atom. The van der Waals surface area contributed by atoms with Crippen molar-refractivity contribution in [3.63, 3.8) is 0 Å². The first-order chi connectivity index (χ1) is 9.24. The van der Waals surface area contributed by atoms with Gasteiger partial charge in [-0.15, -0.1) is 5.10 Å². The van der Waals surface area contributed by atoms with E-state index >= 15 is 0 Å². The second-order valence-corrected chi connectivity index (χ2v) is 4.45. The fourth-order valence-electron chi connectivity index (χ4n) is 1.80. The summed E-state index contributed by atoms with van der Waals surface area (Å²) >= 11 is 5.87. The van der Waals surface area contributed by atoms with E-state index in [1.165, 1.54) is 0 Å². The predicted octanol–water partition coefficient (Wildman–Crippen LogP) is 2.56. The summed E-state index contributed by atoms with van der Waals surface area (Å²) in [6.45, 7) is 0. The Morgan fingerprint density at radius 3 is 2.58 bits per heavy atom. The first-order valence-corrected chi connectivity index (χ1v) is 6.02. The lowest BCUT2D eigenvalue weighted by Gasteiger charge is -2.05. The van der Waals surface area contributed by atoms with Gasteiger partial charge in [-0.3, -0.25) is 0 Å². The molecule has 0 radical (unpaired) electrons. The zero-order valence-corrected chi connectivity index (χ0v) is 10.6. The van der Waals surface area contributed by atoms with E-state index < -0.39 is 0 Å². The lowest BCUT2D eigenvalue weighted by Crippen LogP contribution is -1.99. The number of halogens is 1. The van der Waals surface area contributed by atoms with Gasteiger partial charge in [-0.1, -0.05) is 23.7 Å². The number of hydrogen-bond donors (Lipinski definition) is 1. The van der Waals surface area contributed by atoms with Crippen molar-refractivity contribution in [2.75, 3.05) is 5.73 Å². The van der Waals surface area contributed by atoms with E-state index in [2.05, 4.69) is 15.5 Å². The van der Waals surface area contributed by atoms with Crippen molar-refractivity contribution >= 4 is 17.3 Å². The molecule has 0 aliphatic heterocycles. The van der Waals surface area contributed by atoms with Crippen LogP contribution in [0.15, 0.2) is 48.5 Å². The summed E-state index contributed by atoms with van der Waals surface area (Å²) in [5.41, 5.74) is 8.15. The van der Waals surface area contributed by atoms with Gasteiger partial charge in [-0.05, 0) is 46.8 Å². The van der Waals surface area contributed by atoms with Crippen molar-refractivity contribution in [2.24, 2.45) is 0 Å². The number of tetrazole rings is 1. The molecule has 0 bridgehead atoms. The van der Waals surface area contributed by atoms with Gasteiger partial charge in [0.05, 0.1) is 5.69 Å². The molecular weight excluding hydrogens is 262 g/mol. The van der Waals surface area contributed by atoms with Gasteiger partial charge in [0.15, 0.2) is 5.82 Å². The number of nitrogen functional groups attached to an aromatic ring is 1. The van der Waals surface area contributed by atoms with Crippen molar-refractivity contribution in [3.05, 3.63) is 53.6 Å². The summed E-state index contributed by atoms with van der Waals surface area (Å²) < 4.78 is 1.64. The van der Waals surface area contributed by atoms with Crippen molar-refractivity contribution in [3.8, 4) is 17.1 Å². The second kappa shape index (κ2) is 4.70. The zero-order valence-electron chi connectivity index (χ0n) is 9.86. The van der Waals surface area contributed by atoms with Gasteiger partial charge in [-0.2, -0.15) is 4.68 Å². The molecule has 0 unspecified atom stereocenters. The highest BCUT2D eigenvalue weighted by molar-refractivity contribution is 6.30. The molecule has 2 aromatic carbocycles. The molecule has 0 fully saturated rings. The van der Waals surface area contributed by atoms with Gasteiger partial charge in [0.25, 0.3) is 0 Å². The SMILES string of the molecule is Nc1cccc(-c2nnnn2-c2ccc(Cl)cc2)c1. The third-order valence-electron chi connectivity index (χ3n) is 2.69. The number of rotatable bonds is 2. The maximum Gasteiger partial charge on any atom is 0.187 e. The third-order valence-corrected chi connectivity index (χ3v) is 2.94. The van der Waals surface area contributed by atoms with E-state index in [0.717, 1.165) is 11.3 Å². The molecule has 0 saturated carbocycles. The van der Waals surface area contributed by atoms with Crippen LogP contribution in [0.5, 0.6) is 0 Å². The lowest BCUT2D eigenvalue weighted by atomic mass is 10.2. The average molecular weight is 272 g/mol. The Hall–Kier alpha value is -2.40. The predicted molar refractivity (Wildman–Crippen MR) is 74.0 cm³/mol. The Morgan fingerprint density at radius 1 is 1.05 bits per heavy atom. The van der Waals surface area contributed by atoms with Crippen LogP contribution >= 0.6 is 11.6 Å². The molecule has 0 saturated heterocycles. The molecule has 5 nitrogen and oxygen atoms in total. The molecule has 6 heteroatoms. The molecule has 94 valence electrons. The number of anilines is 1. The minimum Gasteiger partial charge on any atom is -0.399 e. The summed E-state index contributed by atoms with van der Waals surface area (Å²) in [5, 5.41) is 12.4. The van der Waals surface area contributed by atoms with Crippen molar-refractivity contribution in [1.82, 2.24) is 20.2 Å². The van der Waals surface area contributed by atoms with Crippen LogP contribution in [0, 0.1) is 0 Å². The molecule has 0 aliphatic carbocycles. The molecule has 19 heavy (non-hydrogen) atoms. The molecule has 1 heterocycles. The fraction of sp³-hybridized carbons (Fsp3) is 0. The van der Waals surface area contributed by atoms with E-state index in [1.807, 2.05) is 36.4 Å². The highest BCUT2D eigenvalue weighted by Gasteiger charge is 2.10. The van der Waals surface area contributed by atoms with Crippen LogP contribution in [-0.2, 0) is 0 Å². The van der Waals surface area contributed by atoms with Gasteiger partial charge >= 0.3 is 0 Å². The standard InChI is InChI=1S/C13H10ClN5/c14-10-4-6-12(7-5-10)19-13(16-17-18-19)9-2-1-3-11(15)8-9/h1-8H,15H2. The van der Waals surface area contributed by atoms with Crippen LogP contribution in [0.25, 0.3) is 17.1 Å². The smallest absolute Gasteiger partial charge is 0.187 e. The van der Waals surface area contributed by atoms with E-state index in [9.17, 15) is 0 Å².